The Labute approximate surface area is 194 Å². The number of amides is 3. The average molecular weight is 473 g/mol. The zero-order valence-corrected chi connectivity index (χ0v) is 19.2. The summed E-state index contributed by atoms with van der Waals surface area (Å²) in [6, 6.07) is 6.79. The fraction of sp³-hybridized carbons (Fsp3) is 0.435. The van der Waals surface area contributed by atoms with Gasteiger partial charge in [-0.2, -0.15) is 11.3 Å². The van der Waals surface area contributed by atoms with Gasteiger partial charge in [-0.05, 0) is 29.6 Å². The summed E-state index contributed by atoms with van der Waals surface area (Å²) in [5.41, 5.74) is 1.64. The molecule has 1 aromatic heterocycles. The Hall–Kier alpha value is -3.14. The van der Waals surface area contributed by atoms with Crippen molar-refractivity contribution in [3.8, 4) is 0 Å². The molecule has 1 saturated carbocycles. The molecule has 5 rings (SSSR count). The molecule has 3 fully saturated rings. The van der Waals surface area contributed by atoms with E-state index in [9.17, 15) is 14.4 Å². The Morgan fingerprint density at radius 3 is 2.64 bits per heavy atom. The molecule has 2 unspecified atom stereocenters. The summed E-state index contributed by atoms with van der Waals surface area (Å²) in [6.45, 7) is 3.25. The van der Waals surface area contributed by atoms with Crippen LogP contribution in [0.3, 0.4) is 0 Å². The first kappa shape index (κ1) is 21.7. The molecule has 1 aliphatic carbocycles. The highest BCUT2D eigenvalue weighted by atomic mass is 32.1. The van der Waals surface area contributed by atoms with Gasteiger partial charge in [0.2, 0.25) is 5.91 Å². The van der Waals surface area contributed by atoms with E-state index in [1.54, 1.807) is 12.1 Å². The lowest BCUT2D eigenvalue weighted by Crippen LogP contribution is -2.36. The first-order chi connectivity index (χ1) is 15.8. The molecule has 2 aromatic rings. The molecule has 0 spiro atoms. The number of hydrogen-bond donors (Lipinski definition) is 1. The summed E-state index contributed by atoms with van der Waals surface area (Å²) in [4.78, 5) is 41.1. The van der Waals surface area contributed by atoms with Crippen LogP contribution in [0.4, 0.5) is 20.6 Å². The van der Waals surface area contributed by atoms with Crippen LogP contribution >= 0.6 is 11.3 Å². The van der Waals surface area contributed by atoms with Gasteiger partial charge >= 0.3 is 6.09 Å². The Balaban J connectivity index is 1.20. The minimum Gasteiger partial charge on any atom is -0.442 e. The maximum absolute atomic E-state index is 15.0. The molecule has 2 saturated heterocycles. The van der Waals surface area contributed by atoms with E-state index in [0.29, 0.717) is 41.9 Å². The minimum absolute atomic E-state index is 0.0343. The summed E-state index contributed by atoms with van der Waals surface area (Å²) in [7, 11) is 1.84. The minimum atomic E-state index is -0.555. The fourth-order valence-electron chi connectivity index (χ4n) is 5.01. The fourth-order valence-corrected chi connectivity index (χ4v) is 5.64. The van der Waals surface area contributed by atoms with Crippen LogP contribution in [0.2, 0.25) is 0 Å². The topological polar surface area (TPSA) is 82.2 Å². The van der Waals surface area contributed by atoms with Gasteiger partial charge in [0.05, 0.1) is 30.0 Å². The number of carbonyl (C=O) groups is 3. The summed E-state index contributed by atoms with van der Waals surface area (Å²) >= 11 is 1.51. The van der Waals surface area contributed by atoms with Crippen molar-refractivity contribution < 1.29 is 23.5 Å². The van der Waals surface area contributed by atoms with Gasteiger partial charge < -0.3 is 19.9 Å². The van der Waals surface area contributed by atoms with Gasteiger partial charge in [-0.1, -0.05) is 0 Å². The van der Waals surface area contributed by atoms with E-state index in [1.165, 1.54) is 29.2 Å². The number of hydrogen-bond acceptors (Lipinski definition) is 6. The van der Waals surface area contributed by atoms with E-state index in [0.717, 1.165) is 0 Å². The average Bonchev–Trinajstić information content (AvgIpc) is 3.26. The molecule has 3 atom stereocenters. The lowest BCUT2D eigenvalue weighted by molar-refractivity contribution is -0.119. The van der Waals surface area contributed by atoms with Gasteiger partial charge in [-0.25, -0.2) is 9.18 Å². The molecule has 8 nitrogen and oxygen atoms in total. The second kappa shape index (κ2) is 8.33. The number of rotatable bonds is 6. The molecule has 0 radical (unpaired) electrons. The monoisotopic (exact) mass is 472 g/mol. The summed E-state index contributed by atoms with van der Waals surface area (Å²) in [5, 5.41) is 6.38. The summed E-state index contributed by atoms with van der Waals surface area (Å²) < 4.78 is 20.3. The molecule has 2 aliphatic heterocycles. The zero-order valence-electron chi connectivity index (χ0n) is 18.4. The number of halogens is 1. The van der Waals surface area contributed by atoms with Crippen molar-refractivity contribution >= 4 is 40.6 Å². The molecule has 0 bridgehead atoms. The van der Waals surface area contributed by atoms with Crippen LogP contribution in [-0.2, 0) is 9.53 Å². The second-order valence-electron chi connectivity index (χ2n) is 8.84. The van der Waals surface area contributed by atoms with Crippen LogP contribution in [-0.4, -0.2) is 68.2 Å². The molecule has 3 heterocycles. The van der Waals surface area contributed by atoms with Gasteiger partial charge in [-0.3, -0.25) is 14.5 Å². The van der Waals surface area contributed by atoms with Crippen molar-refractivity contribution in [3.63, 3.8) is 0 Å². The molecule has 3 aliphatic rings. The van der Waals surface area contributed by atoms with E-state index in [2.05, 4.69) is 5.32 Å². The van der Waals surface area contributed by atoms with E-state index in [1.807, 2.05) is 33.7 Å². The number of benzene rings is 1. The third-order valence-electron chi connectivity index (χ3n) is 6.72. The maximum Gasteiger partial charge on any atom is 0.414 e. The molecule has 33 heavy (non-hydrogen) atoms. The molecule has 1 aromatic carbocycles. The molecule has 1 N–H and O–H groups in total. The van der Waals surface area contributed by atoms with Crippen LogP contribution in [0.25, 0.3) is 0 Å². The maximum atomic E-state index is 15.0. The number of fused-ring (bicyclic) bond motifs is 1. The predicted molar refractivity (Wildman–Crippen MR) is 122 cm³/mol. The van der Waals surface area contributed by atoms with Crippen LogP contribution in [0.1, 0.15) is 17.3 Å². The lowest BCUT2D eigenvalue weighted by Gasteiger charge is -2.26. The first-order valence-electron chi connectivity index (χ1n) is 10.9. The summed E-state index contributed by atoms with van der Waals surface area (Å²) in [6.07, 6.45) is -1.03. The van der Waals surface area contributed by atoms with Crippen LogP contribution in [0.5, 0.6) is 0 Å². The number of ether oxygens (including phenoxy) is 1. The van der Waals surface area contributed by atoms with Crippen molar-refractivity contribution in [2.75, 3.05) is 43.0 Å². The molecule has 10 heteroatoms. The van der Waals surface area contributed by atoms with Crippen molar-refractivity contribution in [2.24, 2.45) is 11.8 Å². The highest BCUT2D eigenvalue weighted by Gasteiger charge is 2.59. The largest absolute Gasteiger partial charge is 0.442 e. The van der Waals surface area contributed by atoms with Crippen LogP contribution in [0, 0.1) is 17.7 Å². The van der Waals surface area contributed by atoms with Gasteiger partial charge in [-0.15, -0.1) is 0 Å². The summed E-state index contributed by atoms with van der Waals surface area (Å²) in [5.74, 6) is 0.102. The van der Waals surface area contributed by atoms with E-state index < -0.39 is 18.0 Å². The Bertz CT molecular complexity index is 1080. The lowest BCUT2D eigenvalue weighted by atomic mass is 10.2. The Morgan fingerprint density at radius 2 is 2.00 bits per heavy atom. The van der Waals surface area contributed by atoms with Crippen LogP contribution in [0.15, 0.2) is 35.0 Å². The van der Waals surface area contributed by atoms with Crippen molar-refractivity contribution in [1.82, 2.24) is 10.2 Å². The Kier molecular flexibility index (Phi) is 5.48. The quantitative estimate of drug-likeness (QED) is 0.699. The third-order valence-corrected chi connectivity index (χ3v) is 7.40. The second-order valence-corrected chi connectivity index (χ2v) is 9.62. The van der Waals surface area contributed by atoms with Gasteiger partial charge in [0.1, 0.15) is 11.9 Å². The van der Waals surface area contributed by atoms with Crippen molar-refractivity contribution in [1.29, 1.82) is 0 Å². The van der Waals surface area contributed by atoms with Gasteiger partial charge in [0, 0.05) is 50.3 Å². The molecule has 174 valence electrons. The number of nitrogens with one attached hydrogen (secondary N) is 1. The van der Waals surface area contributed by atoms with Gasteiger partial charge in [0.15, 0.2) is 0 Å². The number of carbonyl (C=O) groups excluding carboxylic acids is 3. The smallest absolute Gasteiger partial charge is 0.414 e. The zero-order chi connectivity index (χ0) is 23.3. The number of cyclic esters (lactones) is 1. The highest BCUT2D eigenvalue weighted by molar-refractivity contribution is 7.08. The molecule has 3 amide bonds. The molecular weight excluding hydrogens is 447 g/mol. The first-order valence-corrected chi connectivity index (χ1v) is 11.8. The highest BCUT2D eigenvalue weighted by Crippen LogP contribution is 2.50. The van der Waals surface area contributed by atoms with Crippen LogP contribution < -0.4 is 15.1 Å². The number of anilines is 2. The SMILES string of the molecule is CC(=O)NC[C@H]1CN(c2ccc(N3CC4C(C3)C4N(C)C(=O)c3ccsc3)c(F)c2)C(=O)O1. The van der Waals surface area contributed by atoms with E-state index >= 15 is 4.39 Å². The Morgan fingerprint density at radius 1 is 1.24 bits per heavy atom. The molecular formula is C23H25FN4O4S. The van der Waals surface area contributed by atoms with E-state index in [4.69, 9.17) is 4.74 Å². The number of piperidine rings is 1. The number of thiophene rings is 1. The number of nitrogens with zero attached hydrogens (tertiary/aromatic N) is 3. The third kappa shape index (κ3) is 4.03. The van der Waals surface area contributed by atoms with E-state index in [-0.39, 0.29) is 30.9 Å². The predicted octanol–water partition coefficient (Wildman–Crippen LogP) is 2.56. The van der Waals surface area contributed by atoms with Gasteiger partial charge in [0.25, 0.3) is 5.91 Å². The van der Waals surface area contributed by atoms with Crippen molar-refractivity contribution in [3.05, 3.63) is 46.4 Å². The normalized spacial score (nSPS) is 25.6. The van der Waals surface area contributed by atoms with Crippen molar-refractivity contribution in [2.45, 2.75) is 19.1 Å². The standard InChI is InChI=1S/C23H25FN4O4S/c1-13(29)25-8-16-9-28(23(31)32-16)15-3-4-20(19(24)7-15)27-10-17-18(11-27)21(17)26(2)22(30)14-5-6-33-12-14/h3-7,12,16-18,21H,8-11H2,1-2H3,(H,25,29)/t16-,17?,18?,21?/m0/s1.